The summed E-state index contributed by atoms with van der Waals surface area (Å²) in [5, 5.41) is 0. The summed E-state index contributed by atoms with van der Waals surface area (Å²) in [6, 6.07) is 15.6. The van der Waals surface area contributed by atoms with E-state index in [-0.39, 0.29) is 24.8 Å². The number of amides is 1. The minimum atomic E-state index is -4.63. The monoisotopic (exact) mass is 470 g/mol. The van der Waals surface area contributed by atoms with Crippen molar-refractivity contribution in [3.63, 3.8) is 0 Å². The van der Waals surface area contributed by atoms with Crippen molar-refractivity contribution in [3.8, 4) is 5.75 Å². The van der Waals surface area contributed by atoms with Crippen LogP contribution in [0.4, 0.5) is 13.2 Å². The van der Waals surface area contributed by atoms with E-state index in [4.69, 9.17) is 9.47 Å². The second-order valence-electron chi connectivity index (χ2n) is 8.16. The van der Waals surface area contributed by atoms with Crippen molar-refractivity contribution in [3.05, 3.63) is 95.3 Å². The van der Waals surface area contributed by atoms with Crippen LogP contribution < -0.4 is 4.74 Å². The van der Waals surface area contributed by atoms with Crippen LogP contribution in [0.3, 0.4) is 0 Å². The number of ether oxygens (including phenoxy) is 2. The van der Waals surface area contributed by atoms with E-state index in [1.807, 2.05) is 12.1 Å². The first kappa shape index (κ1) is 23.8. The van der Waals surface area contributed by atoms with Crippen molar-refractivity contribution in [1.29, 1.82) is 0 Å². The number of carbonyl (C=O) groups is 1. The van der Waals surface area contributed by atoms with Crippen molar-refractivity contribution < 1.29 is 27.4 Å². The highest BCUT2D eigenvalue weighted by molar-refractivity contribution is 5.95. The molecule has 0 bridgehead atoms. The molecule has 34 heavy (non-hydrogen) atoms. The molecule has 1 aliphatic rings. The van der Waals surface area contributed by atoms with Gasteiger partial charge >= 0.3 is 6.18 Å². The van der Waals surface area contributed by atoms with Crippen molar-refractivity contribution in [1.82, 2.24) is 9.88 Å². The maximum Gasteiger partial charge on any atom is 0.417 e. The molecule has 0 saturated carbocycles. The van der Waals surface area contributed by atoms with Gasteiger partial charge in [-0.05, 0) is 54.3 Å². The molecule has 5 nitrogen and oxygen atoms in total. The maximum absolute atomic E-state index is 13.6. The second-order valence-corrected chi connectivity index (χ2v) is 8.16. The highest BCUT2D eigenvalue weighted by atomic mass is 19.4. The minimum Gasteiger partial charge on any atom is -0.491 e. The van der Waals surface area contributed by atoms with Crippen LogP contribution in [0, 0.1) is 0 Å². The van der Waals surface area contributed by atoms with E-state index < -0.39 is 17.6 Å². The van der Waals surface area contributed by atoms with E-state index in [2.05, 4.69) is 4.98 Å². The SMILES string of the molecule is O=C(c1ccccc1C(F)(F)F)N(Cc1ccc(OCC2CCCO2)cc1)Cc1cccnc1. The Bertz CT molecular complexity index is 1080. The molecule has 0 radical (unpaired) electrons. The summed E-state index contributed by atoms with van der Waals surface area (Å²) in [5.74, 6) is -0.0257. The molecule has 3 aromatic rings. The fraction of sp³-hybridized carbons (Fsp3) is 0.308. The van der Waals surface area contributed by atoms with Gasteiger partial charge in [0.1, 0.15) is 12.4 Å². The summed E-state index contributed by atoms with van der Waals surface area (Å²) < 4.78 is 52.0. The lowest BCUT2D eigenvalue weighted by Crippen LogP contribution is -2.31. The van der Waals surface area contributed by atoms with Crippen LogP contribution in [0.15, 0.2) is 73.1 Å². The van der Waals surface area contributed by atoms with Gasteiger partial charge in [-0.15, -0.1) is 0 Å². The standard InChI is InChI=1S/C26H25F3N2O3/c27-26(28,29)24-8-2-1-7-23(24)25(32)31(17-20-5-3-13-30-15-20)16-19-9-11-21(12-10-19)34-18-22-6-4-14-33-22/h1-3,5,7-13,15,22H,4,6,14,16-18H2. The van der Waals surface area contributed by atoms with Crippen LogP contribution in [-0.2, 0) is 24.0 Å². The molecule has 0 aliphatic carbocycles. The van der Waals surface area contributed by atoms with E-state index in [0.29, 0.717) is 12.4 Å². The molecule has 2 heterocycles. The van der Waals surface area contributed by atoms with Crippen molar-refractivity contribution in [2.45, 2.75) is 38.2 Å². The number of aromatic nitrogens is 1. The largest absolute Gasteiger partial charge is 0.491 e. The molecule has 1 fully saturated rings. The molecule has 1 saturated heterocycles. The molecular formula is C26H25F3N2O3. The molecule has 1 aromatic heterocycles. The lowest BCUT2D eigenvalue weighted by Gasteiger charge is -2.25. The van der Waals surface area contributed by atoms with Gasteiger partial charge in [0.05, 0.1) is 17.2 Å². The predicted octanol–water partition coefficient (Wildman–Crippen LogP) is 5.50. The van der Waals surface area contributed by atoms with Gasteiger partial charge in [0.2, 0.25) is 0 Å². The van der Waals surface area contributed by atoms with E-state index in [9.17, 15) is 18.0 Å². The first-order valence-corrected chi connectivity index (χ1v) is 11.1. The van der Waals surface area contributed by atoms with Crippen LogP contribution in [0.2, 0.25) is 0 Å². The Morgan fingerprint density at radius 2 is 1.79 bits per heavy atom. The Kier molecular flexibility index (Phi) is 7.47. The molecule has 0 N–H and O–H groups in total. The second kappa shape index (κ2) is 10.7. The Hall–Kier alpha value is -3.39. The average Bonchev–Trinajstić information content (AvgIpc) is 3.37. The van der Waals surface area contributed by atoms with Crippen molar-refractivity contribution in [2.24, 2.45) is 0 Å². The van der Waals surface area contributed by atoms with Crippen LogP contribution in [0.1, 0.15) is 39.9 Å². The summed E-state index contributed by atoms with van der Waals surface area (Å²) in [5.41, 5.74) is 0.160. The normalized spacial score (nSPS) is 15.8. The molecule has 8 heteroatoms. The molecule has 1 unspecified atom stereocenters. The zero-order valence-corrected chi connectivity index (χ0v) is 18.5. The van der Waals surface area contributed by atoms with E-state index in [0.717, 1.165) is 36.6 Å². The Labute approximate surface area is 196 Å². The number of alkyl halides is 3. The maximum atomic E-state index is 13.6. The first-order chi connectivity index (χ1) is 16.4. The lowest BCUT2D eigenvalue weighted by atomic mass is 10.0. The number of pyridine rings is 1. The van der Waals surface area contributed by atoms with Gasteiger partial charge in [-0.25, -0.2) is 0 Å². The molecule has 4 rings (SSSR count). The zero-order chi connectivity index (χ0) is 24.0. The topological polar surface area (TPSA) is 51.7 Å². The number of hydrogen-bond donors (Lipinski definition) is 0. The quantitative estimate of drug-likeness (QED) is 0.436. The van der Waals surface area contributed by atoms with E-state index >= 15 is 0 Å². The number of hydrogen-bond acceptors (Lipinski definition) is 4. The average molecular weight is 470 g/mol. The third kappa shape index (κ3) is 6.14. The van der Waals surface area contributed by atoms with Gasteiger partial charge in [0.25, 0.3) is 5.91 Å². The van der Waals surface area contributed by atoms with Crippen LogP contribution in [0.25, 0.3) is 0 Å². The summed E-state index contributed by atoms with van der Waals surface area (Å²) in [6.45, 7) is 1.48. The van der Waals surface area contributed by atoms with Gasteiger partial charge in [-0.3, -0.25) is 9.78 Å². The summed E-state index contributed by atoms with van der Waals surface area (Å²) in [6.07, 6.45) is 0.672. The number of nitrogens with zero attached hydrogens (tertiary/aromatic N) is 2. The Morgan fingerprint density at radius 1 is 1.03 bits per heavy atom. The zero-order valence-electron chi connectivity index (χ0n) is 18.5. The fourth-order valence-corrected chi connectivity index (χ4v) is 3.88. The number of carbonyl (C=O) groups excluding carboxylic acids is 1. The predicted molar refractivity (Wildman–Crippen MR) is 120 cm³/mol. The van der Waals surface area contributed by atoms with Gasteiger partial charge in [0, 0.05) is 32.1 Å². The third-order valence-corrected chi connectivity index (χ3v) is 5.60. The minimum absolute atomic E-state index is 0.0981. The third-order valence-electron chi connectivity index (χ3n) is 5.60. The number of rotatable bonds is 8. The van der Waals surface area contributed by atoms with Gasteiger partial charge in [0.15, 0.2) is 0 Å². The lowest BCUT2D eigenvalue weighted by molar-refractivity contribution is -0.138. The first-order valence-electron chi connectivity index (χ1n) is 11.1. The van der Waals surface area contributed by atoms with Crippen LogP contribution in [0.5, 0.6) is 5.75 Å². The summed E-state index contributed by atoms with van der Waals surface area (Å²) >= 11 is 0. The molecule has 1 aliphatic heterocycles. The van der Waals surface area contributed by atoms with Gasteiger partial charge < -0.3 is 14.4 Å². The molecule has 2 aromatic carbocycles. The van der Waals surface area contributed by atoms with Crippen LogP contribution >= 0.6 is 0 Å². The van der Waals surface area contributed by atoms with Crippen molar-refractivity contribution in [2.75, 3.05) is 13.2 Å². The van der Waals surface area contributed by atoms with Gasteiger partial charge in [-0.2, -0.15) is 13.2 Å². The Balaban J connectivity index is 1.53. The smallest absolute Gasteiger partial charge is 0.417 e. The highest BCUT2D eigenvalue weighted by Gasteiger charge is 2.36. The fourth-order valence-electron chi connectivity index (χ4n) is 3.88. The molecule has 0 spiro atoms. The van der Waals surface area contributed by atoms with Crippen LogP contribution in [-0.4, -0.2) is 35.1 Å². The summed E-state index contributed by atoms with van der Waals surface area (Å²) in [4.78, 5) is 18.8. The van der Waals surface area contributed by atoms with Gasteiger partial charge in [-0.1, -0.05) is 30.3 Å². The highest BCUT2D eigenvalue weighted by Crippen LogP contribution is 2.33. The number of halogens is 3. The molecule has 1 amide bonds. The number of benzene rings is 2. The van der Waals surface area contributed by atoms with Crippen molar-refractivity contribution >= 4 is 5.91 Å². The van der Waals surface area contributed by atoms with E-state index in [1.54, 1.807) is 36.7 Å². The van der Waals surface area contributed by atoms with E-state index in [1.165, 1.54) is 23.1 Å². The molecular weight excluding hydrogens is 445 g/mol. The molecule has 1 atom stereocenters. The Morgan fingerprint density at radius 3 is 2.47 bits per heavy atom. The molecule has 178 valence electrons. The summed E-state index contributed by atoms with van der Waals surface area (Å²) in [7, 11) is 0.